The molecule has 0 unspecified atom stereocenters. The quantitative estimate of drug-likeness (QED) is 0.624. The molecule has 4 nitrogen and oxygen atoms in total. The maximum atomic E-state index is 5.65. The number of rotatable bonds is 4. The van der Waals surface area contributed by atoms with Gasteiger partial charge >= 0.3 is 0 Å². The van der Waals surface area contributed by atoms with Crippen LogP contribution in [0.1, 0.15) is 11.5 Å². The monoisotopic (exact) mass is 392 g/mol. The van der Waals surface area contributed by atoms with Gasteiger partial charge in [0, 0.05) is 9.13 Å². The largest absolute Gasteiger partial charge is 0.484 e. The van der Waals surface area contributed by atoms with Gasteiger partial charge in [0.15, 0.2) is 6.61 Å². The Kier molecular flexibility index (Phi) is 4.19. The lowest BCUT2D eigenvalue weighted by molar-refractivity contribution is 0.243. The van der Waals surface area contributed by atoms with E-state index in [4.69, 9.17) is 9.26 Å². The molecule has 3 rings (SSSR count). The Bertz CT molecular complexity index is 755. The van der Waals surface area contributed by atoms with Crippen molar-refractivity contribution in [2.75, 3.05) is 0 Å². The van der Waals surface area contributed by atoms with Gasteiger partial charge in [0.1, 0.15) is 5.75 Å². The third-order valence-electron chi connectivity index (χ3n) is 3.01. The van der Waals surface area contributed by atoms with E-state index < -0.39 is 0 Å². The Morgan fingerprint density at radius 2 is 2.00 bits per heavy atom. The zero-order valence-electron chi connectivity index (χ0n) is 11.4. The second-order valence-corrected chi connectivity index (χ2v) is 5.82. The van der Waals surface area contributed by atoms with E-state index in [2.05, 4.69) is 32.7 Å². The fourth-order valence-corrected chi connectivity index (χ4v) is 2.46. The zero-order chi connectivity index (χ0) is 14.7. The van der Waals surface area contributed by atoms with Gasteiger partial charge in [-0.3, -0.25) is 0 Å². The summed E-state index contributed by atoms with van der Waals surface area (Å²) in [6.45, 7) is 2.28. The van der Waals surface area contributed by atoms with Crippen LogP contribution in [0.5, 0.6) is 5.75 Å². The normalized spacial score (nSPS) is 10.6. The van der Waals surface area contributed by atoms with Crippen molar-refractivity contribution in [2.45, 2.75) is 13.5 Å². The number of halogens is 1. The van der Waals surface area contributed by atoms with Crippen molar-refractivity contribution in [3.05, 3.63) is 63.6 Å². The van der Waals surface area contributed by atoms with Gasteiger partial charge in [-0.05, 0) is 53.3 Å². The summed E-state index contributed by atoms with van der Waals surface area (Å²) in [5, 5.41) is 4.01. The summed E-state index contributed by atoms with van der Waals surface area (Å²) in [4.78, 5) is 4.37. The van der Waals surface area contributed by atoms with Crippen LogP contribution in [-0.2, 0) is 6.61 Å². The average molecular weight is 392 g/mol. The van der Waals surface area contributed by atoms with E-state index in [0.717, 1.165) is 20.4 Å². The van der Waals surface area contributed by atoms with Crippen molar-refractivity contribution in [2.24, 2.45) is 0 Å². The van der Waals surface area contributed by atoms with E-state index in [9.17, 15) is 0 Å². The Balaban J connectivity index is 1.72. The fourth-order valence-electron chi connectivity index (χ4n) is 1.95. The zero-order valence-corrected chi connectivity index (χ0v) is 13.6. The number of hydrogen-bond donors (Lipinski definition) is 0. The van der Waals surface area contributed by atoms with Gasteiger partial charge in [-0.1, -0.05) is 35.5 Å². The standard InChI is InChI=1S/C16H13IN2O2/c1-11-5-2-3-8-14(11)16-18-15(21-19-16)10-20-13-7-4-6-12(17)9-13/h2-9H,10H2,1H3. The molecule has 0 spiro atoms. The number of hydrogen-bond acceptors (Lipinski definition) is 4. The molecule has 0 atom stereocenters. The van der Waals surface area contributed by atoms with Crippen molar-refractivity contribution >= 4 is 22.6 Å². The number of nitrogens with zero attached hydrogens (tertiary/aromatic N) is 2. The van der Waals surface area contributed by atoms with Crippen LogP contribution in [0.3, 0.4) is 0 Å². The SMILES string of the molecule is Cc1ccccc1-c1noc(COc2cccc(I)c2)n1. The topological polar surface area (TPSA) is 48.2 Å². The Morgan fingerprint density at radius 1 is 1.14 bits per heavy atom. The van der Waals surface area contributed by atoms with Crippen LogP contribution < -0.4 is 4.74 Å². The highest BCUT2D eigenvalue weighted by molar-refractivity contribution is 14.1. The lowest BCUT2D eigenvalue weighted by Crippen LogP contribution is -1.96. The number of benzene rings is 2. The molecule has 0 aliphatic carbocycles. The predicted molar refractivity (Wildman–Crippen MR) is 88.0 cm³/mol. The van der Waals surface area contributed by atoms with Gasteiger partial charge in [0.05, 0.1) is 0 Å². The van der Waals surface area contributed by atoms with Gasteiger partial charge in [-0.2, -0.15) is 4.98 Å². The number of aromatic nitrogens is 2. The molecular weight excluding hydrogens is 379 g/mol. The van der Waals surface area contributed by atoms with Crippen molar-refractivity contribution < 1.29 is 9.26 Å². The van der Waals surface area contributed by atoms with E-state index >= 15 is 0 Å². The lowest BCUT2D eigenvalue weighted by Gasteiger charge is -2.02. The highest BCUT2D eigenvalue weighted by Gasteiger charge is 2.10. The molecule has 0 radical (unpaired) electrons. The molecule has 3 aromatic rings. The van der Waals surface area contributed by atoms with Crippen molar-refractivity contribution in [1.29, 1.82) is 0 Å². The maximum Gasteiger partial charge on any atom is 0.264 e. The smallest absolute Gasteiger partial charge is 0.264 e. The maximum absolute atomic E-state index is 5.65. The van der Waals surface area contributed by atoms with Crippen LogP contribution in [0.15, 0.2) is 53.1 Å². The summed E-state index contributed by atoms with van der Waals surface area (Å²) < 4.78 is 12.0. The van der Waals surface area contributed by atoms with Crippen molar-refractivity contribution in [3.63, 3.8) is 0 Å². The molecular formula is C16H13IN2O2. The fraction of sp³-hybridized carbons (Fsp3) is 0.125. The molecule has 0 saturated carbocycles. The molecule has 0 amide bonds. The minimum Gasteiger partial charge on any atom is -0.484 e. The first-order valence-electron chi connectivity index (χ1n) is 6.49. The number of aryl methyl sites for hydroxylation is 1. The van der Waals surface area contributed by atoms with E-state index in [1.165, 1.54) is 0 Å². The van der Waals surface area contributed by atoms with Crippen LogP contribution in [0, 0.1) is 10.5 Å². The van der Waals surface area contributed by atoms with E-state index in [1.807, 2.05) is 55.5 Å². The van der Waals surface area contributed by atoms with Gasteiger partial charge in [-0.25, -0.2) is 0 Å². The molecule has 1 aromatic heterocycles. The van der Waals surface area contributed by atoms with E-state index in [0.29, 0.717) is 11.7 Å². The molecule has 5 heteroatoms. The third kappa shape index (κ3) is 3.41. The first-order valence-corrected chi connectivity index (χ1v) is 7.57. The Labute approximate surface area is 136 Å². The molecule has 0 fully saturated rings. The van der Waals surface area contributed by atoms with E-state index in [-0.39, 0.29) is 6.61 Å². The first kappa shape index (κ1) is 14.1. The molecule has 0 bridgehead atoms. The highest BCUT2D eigenvalue weighted by Crippen LogP contribution is 2.21. The molecule has 0 N–H and O–H groups in total. The van der Waals surface area contributed by atoms with Gasteiger partial charge in [0.2, 0.25) is 5.82 Å². The van der Waals surface area contributed by atoms with Crippen molar-refractivity contribution in [1.82, 2.24) is 10.1 Å². The van der Waals surface area contributed by atoms with E-state index in [1.54, 1.807) is 0 Å². The summed E-state index contributed by atoms with van der Waals surface area (Å²) in [5.41, 5.74) is 2.09. The minimum absolute atomic E-state index is 0.263. The Hall–Kier alpha value is -1.89. The summed E-state index contributed by atoms with van der Waals surface area (Å²) in [7, 11) is 0. The second-order valence-electron chi connectivity index (χ2n) is 4.57. The lowest BCUT2D eigenvalue weighted by atomic mass is 10.1. The van der Waals surface area contributed by atoms with Crippen LogP contribution in [0.25, 0.3) is 11.4 Å². The van der Waals surface area contributed by atoms with Crippen LogP contribution in [0.4, 0.5) is 0 Å². The molecule has 106 valence electrons. The first-order chi connectivity index (χ1) is 10.2. The van der Waals surface area contributed by atoms with Crippen LogP contribution >= 0.6 is 22.6 Å². The average Bonchev–Trinajstić information content (AvgIpc) is 2.94. The van der Waals surface area contributed by atoms with Crippen LogP contribution in [-0.4, -0.2) is 10.1 Å². The minimum atomic E-state index is 0.263. The molecule has 21 heavy (non-hydrogen) atoms. The molecule has 0 aliphatic heterocycles. The summed E-state index contributed by atoms with van der Waals surface area (Å²) in [6, 6.07) is 15.8. The number of ether oxygens (including phenoxy) is 1. The molecule has 2 aromatic carbocycles. The van der Waals surface area contributed by atoms with Crippen molar-refractivity contribution in [3.8, 4) is 17.1 Å². The van der Waals surface area contributed by atoms with Gasteiger partial charge < -0.3 is 9.26 Å². The summed E-state index contributed by atoms with van der Waals surface area (Å²) in [5.74, 6) is 1.85. The molecule has 1 heterocycles. The predicted octanol–water partition coefficient (Wildman–Crippen LogP) is 4.23. The second kappa shape index (κ2) is 6.26. The summed E-state index contributed by atoms with van der Waals surface area (Å²) in [6.07, 6.45) is 0. The Morgan fingerprint density at radius 3 is 2.81 bits per heavy atom. The van der Waals surface area contributed by atoms with Gasteiger partial charge in [-0.15, -0.1) is 0 Å². The molecule has 0 aliphatic rings. The molecule has 0 saturated heterocycles. The third-order valence-corrected chi connectivity index (χ3v) is 3.68. The highest BCUT2D eigenvalue weighted by atomic mass is 127. The van der Waals surface area contributed by atoms with Gasteiger partial charge in [0.25, 0.3) is 5.89 Å². The van der Waals surface area contributed by atoms with Crippen LogP contribution in [0.2, 0.25) is 0 Å². The summed E-state index contributed by atoms with van der Waals surface area (Å²) >= 11 is 2.24.